The van der Waals surface area contributed by atoms with Crippen molar-refractivity contribution in [2.45, 2.75) is 20.4 Å². The van der Waals surface area contributed by atoms with Gasteiger partial charge in [-0.15, -0.1) is 0 Å². The largest absolute Gasteiger partial charge is 0.312 e. The molecule has 2 aromatic heterocycles. The number of nitro groups is 1. The van der Waals surface area contributed by atoms with Gasteiger partial charge in [-0.3, -0.25) is 19.6 Å². The van der Waals surface area contributed by atoms with Crippen LogP contribution in [0.5, 0.6) is 0 Å². The molecule has 0 bridgehead atoms. The minimum absolute atomic E-state index is 0.0624. The summed E-state index contributed by atoms with van der Waals surface area (Å²) in [5, 5.41) is 18.2. The summed E-state index contributed by atoms with van der Waals surface area (Å²) < 4.78 is 3.21. The number of nitrogens with zero attached hydrogens (tertiary/aromatic N) is 4. The Morgan fingerprint density at radius 3 is 2.88 bits per heavy atom. The zero-order valence-corrected chi connectivity index (χ0v) is 15.1. The van der Waals surface area contributed by atoms with Gasteiger partial charge in [-0.05, 0) is 32.0 Å². The van der Waals surface area contributed by atoms with Gasteiger partial charge in [0.2, 0.25) is 5.91 Å². The molecule has 24 heavy (non-hydrogen) atoms. The number of carbonyl (C=O) groups is 1. The van der Waals surface area contributed by atoms with Crippen LogP contribution in [0.4, 0.5) is 10.8 Å². The molecule has 1 N–H and O–H groups in total. The average Bonchev–Trinajstić information content (AvgIpc) is 2.98. The van der Waals surface area contributed by atoms with Gasteiger partial charge in [-0.1, -0.05) is 27.3 Å². The van der Waals surface area contributed by atoms with E-state index in [9.17, 15) is 14.9 Å². The third-order valence-electron chi connectivity index (χ3n) is 3.42. The van der Waals surface area contributed by atoms with Gasteiger partial charge in [-0.2, -0.15) is 5.10 Å². The number of amides is 1. The molecule has 10 heteroatoms. The molecule has 0 aliphatic heterocycles. The van der Waals surface area contributed by atoms with Gasteiger partial charge in [0, 0.05) is 4.47 Å². The van der Waals surface area contributed by atoms with Crippen LogP contribution < -0.4 is 5.32 Å². The Hall–Kier alpha value is -2.33. The Morgan fingerprint density at radius 2 is 2.21 bits per heavy atom. The van der Waals surface area contributed by atoms with Crippen LogP contribution in [0.2, 0.25) is 0 Å². The zero-order valence-electron chi connectivity index (χ0n) is 12.7. The van der Waals surface area contributed by atoms with Gasteiger partial charge in [0.05, 0.1) is 15.1 Å². The molecule has 3 aromatic rings. The van der Waals surface area contributed by atoms with E-state index in [1.54, 1.807) is 13.8 Å². The van der Waals surface area contributed by atoms with E-state index >= 15 is 0 Å². The van der Waals surface area contributed by atoms with Crippen molar-refractivity contribution in [2.24, 2.45) is 0 Å². The van der Waals surface area contributed by atoms with Crippen molar-refractivity contribution in [1.82, 2.24) is 14.8 Å². The lowest BCUT2D eigenvalue weighted by Crippen LogP contribution is -2.20. The first-order valence-electron chi connectivity index (χ1n) is 6.89. The van der Waals surface area contributed by atoms with E-state index in [4.69, 9.17) is 0 Å². The lowest BCUT2D eigenvalue weighted by Gasteiger charge is -2.03. The molecule has 1 aromatic carbocycles. The van der Waals surface area contributed by atoms with E-state index in [1.807, 2.05) is 18.2 Å². The van der Waals surface area contributed by atoms with Crippen LogP contribution in [0.3, 0.4) is 0 Å². The molecule has 0 saturated carbocycles. The molecule has 8 nitrogen and oxygen atoms in total. The van der Waals surface area contributed by atoms with Crippen LogP contribution in [-0.4, -0.2) is 25.6 Å². The highest BCUT2D eigenvalue weighted by Crippen LogP contribution is 2.28. The number of hydrogen-bond acceptors (Lipinski definition) is 6. The number of halogens is 1. The molecule has 0 spiro atoms. The lowest BCUT2D eigenvalue weighted by molar-refractivity contribution is -0.386. The third kappa shape index (κ3) is 3.15. The quantitative estimate of drug-likeness (QED) is 0.525. The Balaban J connectivity index is 1.78. The maximum Gasteiger partial charge on any atom is 0.312 e. The van der Waals surface area contributed by atoms with Gasteiger partial charge in [0.25, 0.3) is 0 Å². The average molecular weight is 410 g/mol. The molecule has 0 aliphatic carbocycles. The van der Waals surface area contributed by atoms with Crippen LogP contribution in [0, 0.1) is 24.0 Å². The summed E-state index contributed by atoms with van der Waals surface area (Å²) in [6, 6.07) is 5.66. The zero-order chi connectivity index (χ0) is 17.4. The Kier molecular flexibility index (Phi) is 4.33. The number of nitrogens with one attached hydrogen (secondary N) is 1. The van der Waals surface area contributed by atoms with Gasteiger partial charge >= 0.3 is 5.69 Å². The van der Waals surface area contributed by atoms with Gasteiger partial charge in [-0.25, -0.2) is 4.98 Å². The van der Waals surface area contributed by atoms with E-state index in [-0.39, 0.29) is 23.8 Å². The third-order valence-corrected chi connectivity index (χ3v) is 4.84. The highest BCUT2D eigenvalue weighted by molar-refractivity contribution is 9.10. The Labute approximate surface area is 148 Å². The van der Waals surface area contributed by atoms with Crippen molar-refractivity contribution in [2.75, 3.05) is 5.32 Å². The summed E-state index contributed by atoms with van der Waals surface area (Å²) in [5.74, 6) is -0.339. The number of rotatable bonds is 4. The maximum absolute atomic E-state index is 12.2. The second kappa shape index (κ2) is 6.29. The number of fused-ring (bicyclic) bond motifs is 1. The smallest absolute Gasteiger partial charge is 0.300 e. The Morgan fingerprint density at radius 1 is 1.46 bits per heavy atom. The number of thiazole rings is 1. The van der Waals surface area contributed by atoms with Crippen LogP contribution >= 0.6 is 27.3 Å². The maximum atomic E-state index is 12.2. The van der Waals surface area contributed by atoms with Gasteiger partial charge in [0.1, 0.15) is 17.9 Å². The number of anilines is 1. The fourth-order valence-corrected chi connectivity index (χ4v) is 3.79. The number of benzene rings is 1. The fourth-order valence-electron chi connectivity index (χ4n) is 2.35. The first-order valence-corrected chi connectivity index (χ1v) is 8.50. The highest BCUT2D eigenvalue weighted by atomic mass is 79.9. The van der Waals surface area contributed by atoms with Crippen molar-refractivity contribution >= 4 is 54.2 Å². The summed E-state index contributed by atoms with van der Waals surface area (Å²) in [4.78, 5) is 27.0. The topological polar surface area (TPSA) is 103 Å². The standard InChI is InChI=1S/C14H12BrN5O3S/c1-7-13(20(22)23)8(2)19(18-7)6-12(21)17-14-16-10-4-3-9(15)5-11(10)24-14/h3-5H,6H2,1-2H3,(H,16,17,21). The van der Waals surface area contributed by atoms with Crippen LogP contribution in [0.1, 0.15) is 11.4 Å². The molecule has 1 amide bonds. The molecule has 2 heterocycles. The summed E-state index contributed by atoms with van der Waals surface area (Å²) in [6.45, 7) is 3.01. The van der Waals surface area contributed by atoms with E-state index in [1.165, 1.54) is 16.0 Å². The van der Waals surface area contributed by atoms with Crippen molar-refractivity contribution in [3.05, 3.63) is 44.2 Å². The Bertz CT molecular complexity index is 965. The van der Waals surface area contributed by atoms with E-state index in [2.05, 4.69) is 31.3 Å². The van der Waals surface area contributed by atoms with E-state index in [0.717, 1.165) is 14.7 Å². The number of hydrogen-bond donors (Lipinski definition) is 1. The second-order valence-corrected chi connectivity index (χ2v) is 7.06. The van der Waals surface area contributed by atoms with E-state index in [0.29, 0.717) is 10.8 Å². The lowest BCUT2D eigenvalue weighted by atomic mass is 10.3. The molecule has 124 valence electrons. The molecular weight excluding hydrogens is 398 g/mol. The van der Waals surface area contributed by atoms with Crippen molar-refractivity contribution in [1.29, 1.82) is 0 Å². The first kappa shape index (κ1) is 16.5. The summed E-state index contributed by atoms with van der Waals surface area (Å²) in [5.41, 5.74) is 1.36. The molecule has 0 saturated heterocycles. The molecule has 0 fully saturated rings. The number of carbonyl (C=O) groups excluding carboxylic acids is 1. The summed E-state index contributed by atoms with van der Waals surface area (Å²) >= 11 is 4.75. The molecular formula is C14H12BrN5O3S. The fraction of sp³-hybridized carbons (Fsp3) is 0.214. The molecule has 0 unspecified atom stereocenters. The SMILES string of the molecule is Cc1nn(CC(=O)Nc2nc3ccc(Br)cc3s2)c(C)c1[N+](=O)[O-]. The second-order valence-electron chi connectivity index (χ2n) is 5.11. The summed E-state index contributed by atoms with van der Waals surface area (Å²) in [6.07, 6.45) is 0. The highest BCUT2D eigenvalue weighted by Gasteiger charge is 2.23. The normalized spacial score (nSPS) is 11.0. The predicted molar refractivity (Wildman–Crippen MR) is 94.3 cm³/mol. The van der Waals surface area contributed by atoms with Crippen molar-refractivity contribution < 1.29 is 9.72 Å². The van der Waals surface area contributed by atoms with Crippen LogP contribution in [-0.2, 0) is 11.3 Å². The molecule has 0 aliphatic rings. The number of aromatic nitrogens is 3. The van der Waals surface area contributed by atoms with E-state index < -0.39 is 4.92 Å². The molecule has 3 rings (SSSR count). The van der Waals surface area contributed by atoms with Gasteiger partial charge < -0.3 is 5.32 Å². The minimum Gasteiger partial charge on any atom is -0.300 e. The van der Waals surface area contributed by atoms with Crippen LogP contribution in [0.15, 0.2) is 22.7 Å². The van der Waals surface area contributed by atoms with Gasteiger partial charge in [0.15, 0.2) is 5.13 Å². The number of aryl methyl sites for hydroxylation is 1. The van der Waals surface area contributed by atoms with Crippen molar-refractivity contribution in [3.8, 4) is 0 Å². The summed E-state index contributed by atoms with van der Waals surface area (Å²) in [7, 11) is 0. The monoisotopic (exact) mass is 409 g/mol. The first-order chi connectivity index (χ1) is 11.3. The predicted octanol–water partition coefficient (Wildman–Crippen LogP) is 3.42. The van der Waals surface area contributed by atoms with Crippen molar-refractivity contribution in [3.63, 3.8) is 0 Å². The molecule has 0 atom stereocenters. The van der Waals surface area contributed by atoms with Crippen LogP contribution in [0.25, 0.3) is 10.2 Å². The minimum atomic E-state index is -0.489. The molecule has 0 radical (unpaired) electrons.